The topological polar surface area (TPSA) is 34.1 Å². The lowest BCUT2D eigenvalue weighted by molar-refractivity contribution is 0.336. The first-order chi connectivity index (χ1) is 8.58. The maximum Gasteiger partial charge on any atom is 0.183 e. The smallest absolute Gasteiger partial charge is 0.183 e. The second-order valence-electron chi connectivity index (χ2n) is 4.64. The highest BCUT2D eigenvalue weighted by atomic mass is 32.1. The summed E-state index contributed by atoms with van der Waals surface area (Å²) < 4.78 is 7.04. The summed E-state index contributed by atoms with van der Waals surface area (Å²) in [6.45, 7) is 9.21. The van der Waals surface area contributed by atoms with Crippen molar-refractivity contribution in [3.05, 3.63) is 17.2 Å². The predicted octanol–water partition coefficient (Wildman–Crippen LogP) is 4.17. The molecule has 0 unspecified atom stereocenters. The lowest BCUT2D eigenvalue weighted by Gasteiger charge is -2.15. The Kier molecular flexibility index (Phi) is 3.76. The fourth-order valence-electron chi connectivity index (χ4n) is 2.15. The Hall–Kier alpha value is -1.29. The predicted molar refractivity (Wildman–Crippen MR) is 79.2 cm³/mol. The van der Waals surface area contributed by atoms with E-state index >= 15 is 0 Å². The van der Waals surface area contributed by atoms with E-state index in [9.17, 15) is 0 Å². The molecule has 0 aliphatic carbocycles. The zero-order valence-electron chi connectivity index (χ0n) is 11.6. The van der Waals surface area contributed by atoms with Gasteiger partial charge < -0.3 is 10.1 Å². The van der Waals surface area contributed by atoms with E-state index in [0.29, 0.717) is 12.5 Å². The zero-order chi connectivity index (χ0) is 13.3. The molecule has 0 radical (unpaired) electrons. The molecule has 0 atom stereocenters. The molecule has 1 aromatic heterocycles. The number of ether oxygens (including phenoxy) is 1. The molecule has 0 aliphatic rings. The quantitative estimate of drug-likeness (QED) is 0.900. The van der Waals surface area contributed by atoms with E-state index in [2.05, 4.69) is 37.1 Å². The van der Waals surface area contributed by atoms with Crippen LogP contribution in [0.25, 0.3) is 10.2 Å². The van der Waals surface area contributed by atoms with Gasteiger partial charge in [-0.2, -0.15) is 0 Å². The SMILES string of the molecule is CCOc1cc(C)c2nc(NC)sc2c1C(C)C. The standard InChI is InChI=1S/C14H20N2OS/c1-6-17-10-7-9(4)12-13(11(10)8(2)3)18-14(15-5)16-12/h7-8H,6H2,1-5H3,(H,15,16). The molecule has 4 heteroatoms. The molecular formula is C14H20N2OS. The summed E-state index contributed by atoms with van der Waals surface area (Å²) in [5, 5.41) is 4.09. The van der Waals surface area contributed by atoms with E-state index < -0.39 is 0 Å². The highest BCUT2D eigenvalue weighted by molar-refractivity contribution is 7.22. The minimum atomic E-state index is 0.430. The fourth-order valence-corrected chi connectivity index (χ4v) is 3.34. The molecule has 2 rings (SSSR count). The third kappa shape index (κ3) is 2.17. The average Bonchev–Trinajstić information content (AvgIpc) is 2.73. The van der Waals surface area contributed by atoms with Crippen LogP contribution in [-0.2, 0) is 0 Å². The molecule has 0 amide bonds. The normalized spacial score (nSPS) is 11.2. The Morgan fingerprint density at radius 2 is 2.17 bits per heavy atom. The Morgan fingerprint density at radius 3 is 2.72 bits per heavy atom. The summed E-state index contributed by atoms with van der Waals surface area (Å²) >= 11 is 1.70. The molecule has 98 valence electrons. The number of aromatic nitrogens is 1. The van der Waals surface area contributed by atoms with Crippen LogP contribution in [0.2, 0.25) is 0 Å². The van der Waals surface area contributed by atoms with Gasteiger partial charge in [-0.1, -0.05) is 25.2 Å². The number of nitrogens with one attached hydrogen (secondary N) is 1. The molecule has 3 nitrogen and oxygen atoms in total. The molecule has 0 saturated carbocycles. The van der Waals surface area contributed by atoms with E-state index in [1.165, 1.54) is 15.8 Å². The second kappa shape index (κ2) is 5.14. The van der Waals surface area contributed by atoms with Crippen molar-refractivity contribution < 1.29 is 4.74 Å². The van der Waals surface area contributed by atoms with Gasteiger partial charge in [-0.3, -0.25) is 0 Å². The van der Waals surface area contributed by atoms with Crippen LogP contribution in [0.15, 0.2) is 6.07 Å². The maximum atomic E-state index is 5.79. The van der Waals surface area contributed by atoms with Crippen LogP contribution in [0.1, 0.15) is 37.8 Å². The molecule has 18 heavy (non-hydrogen) atoms. The number of nitrogens with zero attached hydrogens (tertiary/aromatic N) is 1. The summed E-state index contributed by atoms with van der Waals surface area (Å²) in [7, 11) is 1.91. The van der Waals surface area contributed by atoms with Gasteiger partial charge in [-0.05, 0) is 31.4 Å². The largest absolute Gasteiger partial charge is 0.494 e. The Labute approximate surface area is 112 Å². The highest BCUT2D eigenvalue weighted by Crippen LogP contribution is 2.40. The first-order valence-corrected chi connectivity index (χ1v) is 7.14. The van der Waals surface area contributed by atoms with Gasteiger partial charge in [0.05, 0.1) is 16.8 Å². The number of hydrogen-bond donors (Lipinski definition) is 1. The molecule has 1 aromatic carbocycles. The number of hydrogen-bond acceptors (Lipinski definition) is 4. The first kappa shape index (κ1) is 13.1. The van der Waals surface area contributed by atoms with Crippen molar-refractivity contribution in [2.24, 2.45) is 0 Å². The number of rotatable bonds is 4. The lowest BCUT2D eigenvalue weighted by atomic mass is 9.99. The van der Waals surface area contributed by atoms with Crippen molar-refractivity contribution in [3.8, 4) is 5.75 Å². The Balaban J connectivity index is 2.74. The van der Waals surface area contributed by atoms with Gasteiger partial charge in [-0.15, -0.1) is 0 Å². The molecule has 1 N–H and O–H groups in total. The summed E-state index contributed by atoms with van der Waals surface area (Å²) in [6.07, 6.45) is 0. The molecule has 0 fully saturated rings. The van der Waals surface area contributed by atoms with Gasteiger partial charge in [0.15, 0.2) is 5.13 Å². The van der Waals surface area contributed by atoms with Crippen LogP contribution < -0.4 is 10.1 Å². The molecule has 2 aromatic rings. The highest BCUT2D eigenvalue weighted by Gasteiger charge is 2.18. The number of aryl methyl sites for hydroxylation is 1. The summed E-state index contributed by atoms with van der Waals surface area (Å²) in [5.41, 5.74) is 3.54. The van der Waals surface area contributed by atoms with E-state index in [-0.39, 0.29) is 0 Å². The minimum Gasteiger partial charge on any atom is -0.494 e. The lowest BCUT2D eigenvalue weighted by Crippen LogP contribution is -1.99. The van der Waals surface area contributed by atoms with Gasteiger partial charge in [0.2, 0.25) is 0 Å². The van der Waals surface area contributed by atoms with Crippen LogP contribution in [0.3, 0.4) is 0 Å². The number of benzene rings is 1. The fraction of sp³-hybridized carbons (Fsp3) is 0.500. The van der Waals surface area contributed by atoms with Gasteiger partial charge in [0.25, 0.3) is 0 Å². The van der Waals surface area contributed by atoms with Gasteiger partial charge in [0.1, 0.15) is 5.75 Å². The van der Waals surface area contributed by atoms with Crippen molar-refractivity contribution in [2.75, 3.05) is 19.0 Å². The van der Waals surface area contributed by atoms with Crippen molar-refractivity contribution >= 4 is 26.7 Å². The third-order valence-electron chi connectivity index (χ3n) is 2.95. The Bertz CT molecular complexity index is 560. The van der Waals surface area contributed by atoms with Crippen LogP contribution in [0.4, 0.5) is 5.13 Å². The van der Waals surface area contributed by atoms with E-state index in [1.807, 2.05) is 14.0 Å². The van der Waals surface area contributed by atoms with Crippen molar-refractivity contribution in [2.45, 2.75) is 33.6 Å². The van der Waals surface area contributed by atoms with Crippen LogP contribution in [0.5, 0.6) is 5.75 Å². The maximum absolute atomic E-state index is 5.79. The van der Waals surface area contributed by atoms with Crippen molar-refractivity contribution in [3.63, 3.8) is 0 Å². The molecule has 0 bridgehead atoms. The first-order valence-electron chi connectivity index (χ1n) is 6.33. The number of fused-ring (bicyclic) bond motifs is 1. The number of anilines is 1. The van der Waals surface area contributed by atoms with Crippen LogP contribution in [-0.4, -0.2) is 18.6 Å². The molecule has 1 heterocycles. The Morgan fingerprint density at radius 1 is 1.44 bits per heavy atom. The number of thiazole rings is 1. The monoisotopic (exact) mass is 264 g/mol. The summed E-state index contributed by atoms with van der Waals surface area (Å²) in [5.74, 6) is 1.43. The van der Waals surface area contributed by atoms with Gasteiger partial charge in [0, 0.05) is 12.6 Å². The molecule has 0 saturated heterocycles. The van der Waals surface area contributed by atoms with E-state index in [1.54, 1.807) is 11.3 Å². The summed E-state index contributed by atoms with van der Waals surface area (Å²) in [6, 6.07) is 2.11. The van der Waals surface area contributed by atoms with E-state index in [0.717, 1.165) is 16.4 Å². The van der Waals surface area contributed by atoms with Gasteiger partial charge >= 0.3 is 0 Å². The van der Waals surface area contributed by atoms with E-state index in [4.69, 9.17) is 4.74 Å². The molecular weight excluding hydrogens is 244 g/mol. The molecule has 0 aliphatic heterocycles. The summed E-state index contributed by atoms with van der Waals surface area (Å²) in [4.78, 5) is 4.63. The zero-order valence-corrected chi connectivity index (χ0v) is 12.4. The molecule has 0 spiro atoms. The second-order valence-corrected chi connectivity index (χ2v) is 5.64. The van der Waals surface area contributed by atoms with Crippen LogP contribution in [0, 0.1) is 6.92 Å². The third-order valence-corrected chi connectivity index (χ3v) is 4.06. The minimum absolute atomic E-state index is 0.430. The van der Waals surface area contributed by atoms with Crippen LogP contribution >= 0.6 is 11.3 Å². The van der Waals surface area contributed by atoms with Gasteiger partial charge in [-0.25, -0.2) is 4.98 Å². The average molecular weight is 264 g/mol. The van der Waals surface area contributed by atoms with Crippen molar-refractivity contribution in [1.82, 2.24) is 4.98 Å². The van der Waals surface area contributed by atoms with Crippen molar-refractivity contribution in [1.29, 1.82) is 0 Å².